The maximum Gasteiger partial charge on any atom is 0.329 e. The highest BCUT2D eigenvalue weighted by Crippen LogP contribution is 2.09. The van der Waals surface area contributed by atoms with Gasteiger partial charge >= 0.3 is 5.97 Å². The number of amides is 1. The van der Waals surface area contributed by atoms with E-state index in [2.05, 4.69) is 15.4 Å². The summed E-state index contributed by atoms with van der Waals surface area (Å²) in [6.45, 7) is 2.39. The number of ether oxygens (including phenoxy) is 1. The molecule has 0 aromatic heterocycles. The molecule has 5 nitrogen and oxygen atoms in total. The molecule has 1 amide bonds. The van der Waals surface area contributed by atoms with E-state index in [1.807, 2.05) is 24.3 Å². The lowest BCUT2D eigenvalue weighted by atomic mass is 10.1. The Morgan fingerprint density at radius 2 is 1.95 bits per heavy atom. The van der Waals surface area contributed by atoms with Gasteiger partial charge in [-0.2, -0.15) is 0 Å². The Morgan fingerprint density at radius 3 is 2.50 bits per heavy atom. The minimum absolute atomic E-state index is 0.264. The summed E-state index contributed by atoms with van der Waals surface area (Å²) in [5, 5.41) is 6.37. The normalized spacial score (nSPS) is 11.8. The van der Waals surface area contributed by atoms with Gasteiger partial charge in [-0.1, -0.05) is 23.7 Å². The Balaban J connectivity index is 2.34. The molecule has 110 valence electrons. The zero-order valence-electron chi connectivity index (χ0n) is 11.6. The number of esters is 1. The van der Waals surface area contributed by atoms with Crippen LogP contribution in [-0.4, -0.2) is 38.1 Å². The van der Waals surface area contributed by atoms with Gasteiger partial charge in [-0.05, 0) is 30.7 Å². The van der Waals surface area contributed by atoms with Crippen LogP contribution in [0, 0.1) is 0 Å². The number of carbonyl (C=O) groups excluding carboxylic acids is 2. The molecule has 0 heterocycles. The smallest absolute Gasteiger partial charge is 0.329 e. The van der Waals surface area contributed by atoms with Gasteiger partial charge in [-0.3, -0.25) is 4.79 Å². The largest absolute Gasteiger partial charge is 0.467 e. The fourth-order valence-corrected chi connectivity index (χ4v) is 1.84. The van der Waals surface area contributed by atoms with Crippen LogP contribution in [0.4, 0.5) is 0 Å². The number of nitrogens with one attached hydrogen (secondary N) is 2. The predicted octanol–water partition coefficient (Wildman–Crippen LogP) is 1.15. The van der Waals surface area contributed by atoms with Crippen LogP contribution in [-0.2, 0) is 20.7 Å². The molecule has 2 N–H and O–H groups in total. The van der Waals surface area contributed by atoms with Gasteiger partial charge < -0.3 is 15.4 Å². The van der Waals surface area contributed by atoms with E-state index in [-0.39, 0.29) is 5.91 Å². The third kappa shape index (κ3) is 6.04. The van der Waals surface area contributed by atoms with Crippen LogP contribution in [0.1, 0.15) is 12.5 Å². The van der Waals surface area contributed by atoms with Crippen LogP contribution in [0.5, 0.6) is 0 Å². The zero-order valence-corrected chi connectivity index (χ0v) is 12.4. The predicted molar refractivity (Wildman–Crippen MR) is 77.6 cm³/mol. The first-order valence-corrected chi connectivity index (χ1v) is 6.71. The maximum absolute atomic E-state index is 11.5. The van der Waals surface area contributed by atoms with Gasteiger partial charge in [0.1, 0.15) is 6.04 Å². The van der Waals surface area contributed by atoms with Crippen LogP contribution < -0.4 is 10.6 Å². The second kappa shape index (κ2) is 8.55. The van der Waals surface area contributed by atoms with Gasteiger partial charge in [0.05, 0.1) is 7.11 Å². The molecular weight excluding hydrogens is 280 g/mol. The number of benzene rings is 1. The summed E-state index contributed by atoms with van der Waals surface area (Å²) in [5.41, 5.74) is 1.15. The monoisotopic (exact) mass is 298 g/mol. The highest BCUT2D eigenvalue weighted by Gasteiger charge is 2.19. The first-order chi connectivity index (χ1) is 9.52. The molecule has 0 fully saturated rings. The summed E-state index contributed by atoms with van der Waals surface area (Å²) in [7, 11) is 1.30. The summed E-state index contributed by atoms with van der Waals surface area (Å²) in [4.78, 5) is 22.5. The van der Waals surface area contributed by atoms with Crippen molar-refractivity contribution in [2.75, 3.05) is 20.2 Å². The molecule has 6 heteroatoms. The van der Waals surface area contributed by atoms with Crippen LogP contribution >= 0.6 is 11.6 Å². The standard InChI is InChI=1S/C14H19ClN2O3/c1-10(18)17-13(14(19)20-2)9-16-8-7-11-3-5-12(15)6-4-11/h3-6,13,16H,7-9H2,1-2H3,(H,17,18). The van der Waals surface area contributed by atoms with Crippen LogP contribution in [0.25, 0.3) is 0 Å². The Kier molecular flexibility index (Phi) is 7.04. The van der Waals surface area contributed by atoms with E-state index >= 15 is 0 Å². The van der Waals surface area contributed by atoms with Gasteiger partial charge in [-0.15, -0.1) is 0 Å². The van der Waals surface area contributed by atoms with Crippen molar-refractivity contribution in [3.05, 3.63) is 34.9 Å². The SMILES string of the molecule is COC(=O)C(CNCCc1ccc(Cl)cc1)NC(C)=O. The van der Waals surface area contributed by atoms with Crippen molar-refractivity contribution in [1.82, 2.24) is 10.6 Å². The lowest BCUT2D eigenvalue weighted by Crippen LogP contribution is -2.47. The molecule has 0 aliphatic heterocycles. The van der Waals surface area contributed by atoms with E-state index in [0.29, 0.717) is 18.1 Å². The van der Waals surface area contributed by atoms with E-state index in [1.165, 1.54) is 14.0 Å². The molecule has 0 bridgehead atoms. The number of hydrogen-bond acceptors (Lipinski definition) is 4. The number of rotatable bonds is 7. The first-order valence-electron chi connectivity index (χ1n) is 6.33. The summed E-state index contributed by atoms with van der Waals surface area (Å²) in [6, 6.07) is 6.92. The lowest BCUT2D eigenvalue weighted by molar-refractivity contribution is -0.144. The average molecular weight is 299 g/mol. The molecule has 20 heavy (non-hydrogen) atoms. The molecule has 0 radical (unpaired) electrons. The maximum atomic E-state index is 11.5. The third-order valence-electron chi connectivity index (χ3n) is 2.72. The van der Waals surface area contributed by atoms with E-state index < -0.39 is 12.0 Å². The topological polar surface area (TPSA) is 67.4 Å². The number of carbonyl (C=O) groups is 2. The van der Waals surface area contributed by atoms with E-state index in [1.54, 1.807) is 0 Å². The summed E-state index contributed by atoms with van der Waals surface area (Å²) in [5.74, 6) is -0.723. The van der Waals surface area contributed by atoms with Gasteiger partial charge in [0.25, 0.3) is 0 Å². The van der Waals surface area contributed by atoms with Crippen LogP contribution in [0.2, 0.25) is 5.02 Å². The Morgan fingerprint density at radius 1 is 1.30 bits per heavy atom. The summed E-state index contributed by atoms with van der Waals surface area (Å²) in [6.07, 6.45) is 0.811. The van der Waals surface area contributed by atoms with Crippen molar-refractivity contribution in [2.45, 2.75) is 19.4 Å². The molecule has 1 aromatic rings. The molecule has 0 spiro atoms. The molecule has 0 aliphatic carbocycles. The van der Waals surface area contributed by atoms with Crippen molar-refractivity contribution in [3.8, 4) is 0 Å². The van der Waals surface area contributed by atoms with Crippen molar-refractivity contribution in [1.29, 1.82) is 0 Å². The Bertz CT molecular complexity index is 448. The van der Waals surface area contributed by atoms with Crippen molar-refractivity contribution < 1.29 is 14.3 Å². The van der Waals surface area contributed by atoms with E-state index in [4.69, 9.17) is 11.6 Å². The highest BCUT2D eigenvalue weighted by atomic mass is 35.5. The van der Waals surface area contributed by atoms with Crippen LogP contribution in [0.15, 0.2) is 24.3 Å². The molecule has 0 saturated heterocycles. The quantitative estimate of drug-likeness (QED) is 0.585. The van der Waals surface area contributed by atoms with Crippen molar-refractivity contribution in [3.63, 3.8) is 0 Å². The second-order valence-electron chi connectivity index (χ2n) is 4.36. The third-order valence-corrected chi connectivity index (χ3v) is 2.97. The minimum atomic E-state index is -0.664. The molecular formula is C14H19ClN2O3. The summed E-state index contributed by atoms with van der Waals surface area (Å²) >= 11 is 5.81. The first kappa shape index (κ1) is 16.5. The van der Waals surface area contributed by atoms with Crippen molar-refractivity contribution >= 4 is 23.5 Å². The fraction of sp³-hybridized carbons (Fsp3) is 0.429. The Hall–Kier alpha value is -1.59. The number of halogens is 1. The molecule has 0 saturated carbocycles. The zero-order chi connectivity index (χ0) is 15.0. The van der Waals surface area contributed by atoms with Gasteiger partial charge in [-0.25, -0.2) is 4.79 Å². The highest BCUT2D eigenvalue weighted by molar-refractivity contribution is 6.30. The van der Waals surface area contributed by atoms with Crippen LogP contribution in [0.3, 0.4) is 0 Å². The fourth-order valence-electron chi connectivity index (χ4n) is 1.71. The molecule has 1 atom stereocenters. The second-order valence-corrected chi connectivity index (χ2v) is 4.79. The van der Waals surface area contributed by atoms with Gasteiger partial charge in [0.2, 0.25) is 5.91 Å². The van der Waals surface area contributed by atoms with Gasteiger partial charge in [0.15, 0.2) is 0 Å². The molecule has 0 aliphatic rings. The van der Waals surface area contributed by atoms with Crippen molar-refractivity contribution in [2.24, 2.45) is 0 Å². The summed E-state index contributed by atoms with van der Waals surface area (Å²) < 4.78 is 4.63. The minimum Gasteiger partial charge on any atom is -0.467 e. The molecule has 1 unspecified atom stereocenters. The molecule has 1 aromatic carbocycles. The molecule has 1 rings (SSSR count). The number of hydrogen-bond donors (Lipinski definition) is 2. The van der Waals surface area contributed by atoms with E-state index in [9.17, 15) is 9.59 Å². The number of methoxy groups -OCH3 is 1. The van der Waals surface area contributed by atoms with Gasteiger partial charge in [0, 0.05) is 18.5 Å². The lowest BCUT2D eigenvalue weighted by Gasteiger charge is -2.16. The average Bonchev–Trinajstić information content (AvgIpc) is 2.43. The van der Waals surface area contributed by atoms with E-state index in [0.717, 1.165) is 12.0 Å². The Labute approximate surface area is 123 Å².